The number of rotatable bonds is 5. The number of hydrogen-bond acceptors (Lipinski definition) is 3. The number of ether oxygens (including phenoxy) is 2. The van der Waals surface area contributed by atoms with Crippen LogP contribution in [0.15, 0.2) is 18.2 Å². The summed E-state index contributed by atoms with van der Waals surface area (Å²) in [4.78, 5) is 0. The van der Waals surface area contributed by atoms with Gasteiger partial charge in [0.25, 0.3) is 0 Å². The van der Waals surface area contributed by atoms with Crippen molar-refractivity contribution in [1.82, 2.24) is 0 Å². The van der Waals surface area contributed by atoms with Crippen LogP contribution in [-0.2, 0) is 11.3 Å². The maximum absolute atomic E-state index is 13.7. The zero-order chi connectivity index (χ0) is 13.7. The molecule has 0 atom stereocenters. The molecule has 0 bridgehead atoms. The van der Waals surface area contributed by atoms with Crippen LogP contribution in [0.2, 0.25) is 0 Å². The Bertz CT molecular complexity index is 417. The van der Waals surface area contributed by atoms with Crippen LogP contribution in [0.25, 0.3) is 0 Å². The van der Waals surface area contributed by atoms with Gasteiger partial charge >= 0.3 is 0 Å². The second kappa shape index (κ2) is 6.35. The van der Waals surface area contributed by atoms with Crippen molar-refractivity contribution >= 4 is 0 Å². The molecule has 0 unspecified atom stereocenters. The molecule has 19 heavy (non-hydrogen) atoms. The van der Waals surface area contributed by atoms with E-state index >= 15 is 0 Å². The summed E-state index contributed by atoms with van der Waals surface area (Å²) in [6, 6.07) is 4.80. The summed E-state index contributed by atoms with van der Waals surface area (Å²) in [6.45, 7) is 0.757. The van der Waals surface area contributed by atoms with Crippen LogP contribution in [0, 0.1) is 5.82 Å². The van der Waals surface area contributed by atoms with Crippen molar-refractivity contribution in [3.05, 3.63) is 29.6 Å². The third-order valence-electron chi connectivity index (χ3n) is 3.76. The summed E-state index contributed by atoms with van der Waals surface area (Å²) >= 11 is 0. The van der Waals surface area contributed by atoms with Crippen LogP contribution in [0.4, 0.5) is 4.39 Å². The van der Waals surface area contributed by atoms with Crippen LogP contribution in [0.3, 0.4) is 0 Å². The zero-order valence-electron chi connectivity index (χ0n) is 11.5. The van der Waals surface area contributed by atoms with Crippen LogP contribution in [-0.4, -0.2) is 19.3 Å². The second-order valence-electron chi connectivity index (χ2n) is 5.37. The molecule has 0 aromatic heterocycles. The highest BCUT2D eigenvalue weighted by Gasteiger charge is 2.27. The molecule has 106 valence electrons. The van der Waals surface area contributed by atoms with Crippen molar-refractivity contribution in [1.29, 1.82) is 0 Å². The zero-order valence-corrected chi connectivity index (χ0v) is 11.5. The van der Waals surface area contributed by atoms with Gasteiger partial charge in [-0.3, -0.25) is 0 Å². The Labute approximate surface area is 113 Å². The molecule has 3 nitrogen and oxygen atoms in total. The first-order valence-corrected chi connectivity index (χ1v) is 6.82. The molecule has 2 N–H and O–H groups in total. The number of halogens is 1. The molecule has 1 aromatic carbocycles. The lowest BCUT2D eigenvalue weighted by molar-refractivity contribution is 0.0560. The lowest BCUT2D eigenvalue weighted by atomic mass is 9.83. The van der Waals surface area contributed by atoms with Crippen molar-refractivity contribution in [2.45, 2.75) is 44.2 Å². The predicted octanol–water partition coefficient (Wildman–Crippen LogP) is 3.01. The Balaban J connectivity index is 1.85. The van der Waals surface area contributed by atoms with Gasteiger partial charge in [0.05, 0.1) is 20.3 Å². The highest BCUT2D eigenvalue weighted by molar-refractivity contribution is 5.28. The van der Waals surface area contributed by atoms with Crippen molar-refractivity contribution in [3.8, 4) is 5.75 Å². The quantitative estimate of drug-likeness (QED) is 0.892. The number of benzene rings is 1. The monoisotopic (exact) mass is 267 g/mol. The Morgan fingerprint density at radius 1 is 1.26 bits per heavy atom. The fraction of sp³-hybridized carbons (Fsp3) is 0.600. The molecule has 0 aliphatic heterocycles. The summed E-state index contributed by atoms with van der Waals surface area (Å²) in [7, 11) is 1.52. The van der Waals surface area contributed by atoms with Gasteiger partial charge in [0.15, 0.2) is 0 Å². The summed E-state index contributed by atoms with van der Waals surface area (Å²) in [6.07, 6.45) is 5.58. The highest BCUT2D eigenvalue weighted by atomic mass is 19.1. The SMILES string of the molecule is COc1ccc(COCC2(N)CCCCC2)c(F)c1. The molecular formula is C15H22FNO2. The van der Waals surface area contributed by atoms with Gasteiger partial charge in [-0.25, -0.2) is 4.39 Å². The van der Waals surface area contributed by atoms with E-state index in [1.807, 2.05) is 0 Å². The standard InChI is InChI=1S/C15H22FNO2/c1-18-13-6-5-12(14(16)9-13)10-19-11-15(17)7-3-2-4-8-15/h5-6,9H,2-4,7-8,10-11,17H2,1H3. The summed E-state index contributed by atoms with van der Waals surface area (Å²) in [5.74, 6) is 0.220. The van der Waals surface area contributed by atoms with Gasteiger partial charge in [-0.15, -0.1) is 0 Å². The lowest BCUT2D eigenvalue weighted by Gasteiger charge is -2.33. The fourth-order valence-electron chi connectivity index (χ4n) is 2.54. The Hall–Kier alpha value is -1.13. The number of nitrogens with two attached hydrogens (primary N) is 1. The third-order valence-corrected chi connectivity index (χ3v) is 3.76. The van der Waals surface area contributed by atoms with E-state index in [0.717, 1.165) is 25.7 Å². The van der Waals surface area contributed by atoms with E-state index in [2.05, 4.69) is 0 Å². The van der Waals surface area contributed by atoms with Crippen molar-refractivity contribution in [3.63, 3.8) is 0 Å². The maximum atomic E-state index is 13.7. The van der Waals surface area contributed by atoms with Gasteiger partial charge in [0.2, 0.25) is 0 Å². The molecule has 0 heterocycles. The van der Waals surface area contributed by atoms with Crippen LogP contribution in [0.1, 0.15) is 37.7 Å². The first kappa shape index (κ1) is 14.3. The van der Waals surface area contributed by atoms with E-state index < -0.39 is 0 Å². The first-order chi connectivity index (χ1) is 9.13. The normalized spacial score (nSPS) is 18.3. The molecular weight excluding hydrogens is 245 g/mol. The Morgan fingerprint density at radius 3 is 2.63 bits per heavy atom. The number of hydrogen-bond donors (Lipinski definition) is 1. The molecule has 0 saturated heterocycles. The molecule has 1 saturated carbocycles. The average Bonchev–Trinajstić information content (AvgIpc) is 2.41. The van der Waals surface area contributed by atoms with E-state index in [1.165, 1.54) is 19.6 Å². The summed E-state index contributed by atoms with van der Waals surface area (Å²) in [5.41, 5.74) is 6.59. The van der Waals surface area contributed by atoms with E-state index in [1.54, 1.807) is 12.1 Å². The third kappa shape index (κ3) is 3.91. The summed E-state index contributed by atoms with van der Waals surface area (Å²) in [5, 5.41) is 0. The largest absolute Gasteiger partial charge is 0.497 e. The van der Waals surface area contributed by atoms with Gasteiger partial charge < -0.3 is 15.2 Å². The Morgan fingerprint density at radius 2 is 2.00 bits per heavy atom. The highest BCUT2D eigenvalue weighted by Crippen LogP contribution is 2.26. The fourth-order valence-corrected chi connectivity index (χ4v) is 2.54. The van der Waals surface area contributed by atoms with Gasteiger partial charge in [-0.2, -0.15) is 0 Å². The van der Waals surface area contributed by atoms with Gasteiger partial charge in [-0.05, 0) is 18.9 Å². The van der Waals surface area contributed by atoms with Crippen molar-refractivity contribution in [2.75, 3.05) is 13.7 Å². The molecule has 1 fully saturated rings. The molecule has 0 spiro atoms. The van der Waals surface area contributed by atoms with Crippen LogP contribution in [0.5, 0.6) is 5.75 Å². The molecule has 1 aliphatic rings. The molecule has 2 rings (SSSR count). The van der Waals surface area contributed by atoms with Gasteiger partial charge in [-0.1, -0.05) is 25.3 Å². The van der Waals surface area contributed by atoms with E-state index in [0.29, 0.717) is 17.9 Å². The molecule has 1 aliphatic carbocycles. The minimum Gasteiger partial charge on any atom is -0.497 e. The minimum absolute atomic E-state index is 0.221. The Kier molecular flexibility index (Phi) is 4.77. The molecule has 1 aromatic rings. The molecule has 4 heteroatoms. The van der Waals surface area contributed by atoms with Crippen LogP contribution < -0.4 is 10.5 Å². The average molecular weight is 267 g/mol. The maximum Gasteiger partial charge on any atom is 0.132 e. The minimum atomic E-state index is -0.297. The van der Waals surface area contributed by atoms with E-state index in [-0.39, 0.29) is 18.0 Å². The van der Waals surface area contributed by atoms with E-state index in [4.69, 9.17) is 15.2 Å². The molecule has 0 amide bonds. The predicted molar refractivity (Wildman–Crippen MR) is 72.6 cm³/mol. The first-order valence-electron chi connectivity index (χ1n) is 6.82. The number of methoxy groups -OCH3 is 1. The van der Waals surface area contributed by atoms with Gasteiger partial charge in [0.1, 0.15) is 11.6 Å². The summed E-state index contributed by atoms with van der Waals surface area (Å²) < 4.78 is 24.3. The van der Waals surface area contributed by atoms with Crippen molar-refractivity contribution < 1.29 is 13.9 Å². The molecule has 0 radical (unpaired) electrons. The second-order valence-corrected chi connectivity index (χ2v) is 5.37. The van der Waals surface area contributed by atoms with Crippen molar-refractivity contribution in [2.24, 2.45) is 5.73 Å². The van der Waals surface area contributed by atoms with Crippen LogP contribution >= 0.6 is 0 Å². The van der Waals surface area contributed by atoms with E-state index in [9.17, 15) is 4.39 Å². The van der Waals surface area contributed by atoms with Gasteiger partial charge in [0, 0.05) is 17.2 Å². The topological polar surface area (TPSA) is 44.5 Å². The lowest BCUT2D eigenvalue weighted by Crippen LogP contribution is -2.46. The smallest absolute Gasteiger partial charge is 0.132 e.